The largest absolute Gasteiger partial charge is 0.388 e. The number of halogens is 1. The number of carbonyl (C=O) groups is 1. The molecule has 1 rings (SSSR count). The normalized spacial score (nSPS) is 9.86. The number of hydrogen-bond acceptors (Lipinski definition) is 4. The van der Waals surface area contributed by atoms with Crippen molar-refractivity contribution < 1.29 is 19.2 Å². The highest BCUT2D eigenvalue weighted by Gasteiger charge is 2.13. The van der Waals surface area contributed by atoms with E-state index in [9.17, 15) is 19.3 Å². The molecule has 0 radical (unpaired) electrons. The Kier molecular flexibility index (Phi) is 2.88. The zero-order valence-electron chi connectivity index (χ0n) is 6.94. The molecule has 0 saturated heterocycles. The third-order valence-corrected chi connectivity index (χ3v) is 1.56. The molecular formula is C8H6FNO4. The first-order valence-electron chi connectivity index (χ1n) is 3.63. The summed E-state index contributed by atoms with van der Waals surface area (Å²) in [7, 11) is 0. The van der Waals surface area contributed by atoms with Crippen LogP contribution in [0.2, 0.25) is 0 Å². The molecule has 74 valence electrons. The zero-order valence-corrected chi connectivity index (χ0v) is 6.94. The lowest BCUT2D eigenvalue weighted by atomic mass is 10.1. The maximum Gasteiger partial charge on any atom is 0.273 e. The minimum atomic E-state index is -0.879. The van der Waals surface area contributed by atoms with E-state index in [0.29, 0.717) is 6.07 Å². The monoisotopic (exact) mass is 199 g/mol. The van der Waals surface area contributed by atoms with Gasteiger partial charge in [0.15, 0.2) is 5.78 Å². The molecule has 0 aliphatic heterocycles. The quantitative estimate of drug-likeness (QED) is 0.445. The van der Waals surface area contributed by atoms with Gasteiger partial charge in [-0.1, -0.05) is 0 Å². The number of hydrogen-bond donors (Lipinski definition) is 1. The second-order valence-electron chi connectivity index (χ2n) is 2.54. The van der Waals surface area contributed by atoms with Gasteiger partial charge in [0, 0.05) is 11.6 Å². The first-order valence-corrected chi connectivity index (χ1v) is 3.63. The molecule has 0 aromatic heterocycles. The number of nitro groups is 1. The van der Waals surface area contributed by atoms with Crippen LogP contribution in [0.5, 0.6) is 0 Å². The molecule has 0 spiro atoms. The number of aliphatic hydroxyl groups is 1. The Hall–Kier alpha value is -1.82. The lowest BCUT2D eigenvalue weighted by Gasteiger charge is -1.97. The molecule has 0 fully saturated rings. The Labute approximate surface area is 77.9 Å². The van der Waals surface area contributed by atoms with Crippen LogP contribution in [-0.2, 0) is 0 Å². The molecule has 0 heterocycles. The molecule has 14 heavy (non-hydrogen) atoms. The van der Waals surface area contributed by atoms with Gasteiger partial charge in [0.05, 0.1) is 11.0 Å². The van der Waals surface area contributed by atoms with Crippen LogP contribution >= 0.6 is 0 Å². The average molecular weight is 199 g/mol. The van der Waals surface area contributed by atoms with Gasteiger partial charge >= 0.3 is 0 Å². The van der Waals surface area contributed by atoms with Gasteiger partial charge in [0.1, 0.15) is 12.4 Å². The van der Waals surface area contributed by atoms with Crippen LogP contribution in [0.3, 0.4) is 0 Å². The Bertz CT molecular complexity index is 391. The van der Waals surface area contributed by atoms with Crippen LogP contribution in [0.15, 0.2) is 18.2 Å². The van der Waals surface area contributed by atoms with E-state index in [1.165, 1.54) is 0 Å². The predicted molar refractivity (Wildman–Crippen MR) is 44.5 cm³/mol. The van der Waals surface area contributed by atoms with Crippen molar-refractivity contribution in [3.63, 3.8) is 0 Å². The third-order valence-electron chi connectivity index (χ3n) is 1.56. The average Bonchev–Trinajstić information content (AvgIpc) is 2.15. The van der Waals surface area contributed by atoms with E-state index in [1.807, 2.05) is 0 Å². The molecule has 0 atom stereocenters. The van der Waals surface area contributed by atoms with Crippen LogP contribution in [0.25, 0.3) is 0 Å². The minimum Gasteiger partial charge on any atom is -0.388 e. The number of ketones is 1. The van der Waals surface area contributed by atoms with Crippen molar-refractivity contribution in [3.05, 3.63) is 39.7 Å². The van der Waals surface area contributed by atoms with Crippen molar-refractivity contribution in [1.82, 2.24) is 0 Å². The highest BCUT2D eigenvalue weighted by Crippen LogP contribution is 2.16. The first kappa shape index (κ1) is 10.3. The molecule has 0 saturated carbocycles. The van der Waals surface area contributed by atoms with Crippen molar-refractivity contribution in [3.8, 4) is 0 Å². The lowest BCUT2D eigenvalue weighted by Crippen LogP contribution is -2.05. The Morgan fingerprint density at radius 3 is 2.64 bits per heavy atom. The van der Waals surface area contributed by atoms with Crippen molar-refractivity contribution in [1.29, 1.82) is 0 Å². The van der Waals surface area contributed by atoms with Gasteiger partial charge in [0.25, 0.3) is 5.69 Å². The van der Waals surface area contributed by atoms with Gasteiger partial charge in [0.2, 0.25) is 0 Å². The number of benzene rings is 1. The van der Waals surface area contributed by atoms with Gasteiger partial charge < -0.3 is 5.11 Å². The van der Waals surface area contributed by atoms with E-state index in [0.717, 1.165) is 12.1 Å². The number of carbonyl (C=O) groups excluding carboxylic acids is 1. The Balaban J connectivity index is 3.20. The summed E-state index contributed by atoms with van der Waals surface area (Å²) in [6.07, 6.45) is 0. The molecule has 1 aromatic carbocycles. The molecule has 0 aliphatic rings. The maximum atomic E-state index is 12.7. The van der Waals surface area contributed by atoms with Crippen LogP contribution in [0, 0.1) is 15.9 Å². The Morgan fingerprint density at radius 2 is 2.14 bits per heavy atom. The van der Waals surface area contributed by atoms with Gasteiger partial charge in [-0.2, -0.15) is 0 Å². The van der Waals surface area contributed by atoms with E-state index >= 15 is 0 Å². The fourth-order valence-corrected chi connectivity index (χ4v) is 0.932. The highest BCUT2D eigenvalue weighted by atomic mass is 19.1. The van der Waals surface area contributed by atoms with E-state index in [2.05, 4.69) is 0 Å². The van der Waals surface area contributed by atoms with Gasteiger partial charge in [-0.15, -0.1) is 0 Å². The van der Waals surface area contributed by atoms with Crippen molar-refractivity contribution in [2.45, 2.75) is 0 Å². The van der Waals surface area contributed by atoms with Crippen LogP contribution in [0.4, 0.5) is 10.1 Å². The molecule has 6 heteroatoms. The van der Waals surface area contributed by atoms with Gasteiger partial charge in [-0.25, -0.2) is 4.39 Å². The van der Waals surface area contributed by atoms with E-state index in [4.69, 9.17) is 5.11 Å². The van der Waals surface area contributed by atoms with Crippen molar-refractivity contribution >= 4 is 11.5 Å². The zero-order chi connectivity index (χ0) is 10.7. The summed E-state index contributed by atoms with van der Waals surface area (Å²) in [5.74, 6) is -1.64. The number of nitrogens with zero attached hydrogens (tertiary/aromatic N) is 1. The molecule has 1 aromatic rings. The third kappa shape index (κ3) is 2.11. The minimum absolute atomic E-state index is 0.209. The summed E-state index contributed by atoms with van der Waals surface area (Å²) in [6, 6.07) is 2.46. The van der Waals surface area contributed by atoms with Crippen LogP contribution < -0.4 is 0 Å². The predicted octanol–water partition coefficient (Wildman–Crippen LogP) is 0.909. The molecule has 0 bridgehead atoms. The first-order chi connectivity index (χ1) is 6.54. The summed E-state index contributed by atoms with van der Waals surface area (Å²) >= 11 is 0. The summed E-state index contributed by atoms with van der Waals surface area (Å²) in [6.45, 7) is -0.805. The topological polar surface area (TPSA) is 80.4 Å². The number of Topliss-reactive ketones (excluding diaryl/α,β-unsaturated/α-hetero) is 1. The second-order valence-corrected chi connectivity index (χ2v) is 2.54. The maximum absolute atomic E-state index is 12.7. The molecule has 5 nitrogen and oxygen atoms in total. The fraction of sp³-hybridized carbons (Fsp3) is 0.125. The summed E-state index contributed by atoms with van der Waals surface area (Å²) < 4.78 is 12.7. The summed E-state index contributed by atoms with van der Waals surface area (Å²) in [5.41, 5.74) is -0.721. The number of rotatable bonds is 3. The van der Waals surface area contributed by atoms with E-state index < -0.39 is 28.8 Å². The molecule has 0 aliphatic carbocycles. The van der Waals surface area contributed by atoms with Crippen LogP contribution in [0.1, 0.15) is 10.4 Å². The van der Waals surface area contributed by atoms with Gasteiger partial charge in [-0.05, 0) is 6.07 Å². The lowest BCUT2D eigenvalue weighted by molar-refractivity contribution is -0.385. The standard InChI is InChI=1S/C8H6FNO4/c9-6-1-5(8(12)4-11)2-7(3-6)10(13)14/h1-3,11H,4H2. The summed E-state index contributed by atoms with van der Waals surface area (Å²) in [4.78, 5) is 20.4. The fourth-order valence-electron chi connectivity index (χ4n) is 0.932. The molecular weight excluding hydrogens is 193 g/mol. The van der Waals surface area contributed by atoms with Crippen molar-refractivity contribution in [2.75, 3.05) is 6.61 Å². The number of nitro benzene ring substituents is 1. The van der Waals surface area contributed by atoms with Gasteiger partial charge in [-0.3, -0.25) is 14.9 Å². The number of non-ortho nitro benzene ring substituents is 1. The second kappa shape index (κ2) is 3.93. The van der Waals surface area contributed by atoms with Crippen LogP contribution in [-0.4, -0.2) is 22.4 Å². The smallest absolute Gasteiger partial charge is 0.273 e. The molecule has 0 amide bonds. The molecule has 0 unspecified atom stereocenters. The van der Waals surface area contributed by atoms with E-state index in [1.54, 1.807) is 0 Å². The molecule has 1 N–H and O–H groups in total. The SMILES string of the molecule is O=C(CO)c1cc(F)cc([N+](=O)[O-])c1. The number of aliphatic hydroxyl groups excluding tert-OH is 1. The van der Waals surface area contributed by atoms with Crippen molar-refractivity contribution in [2.24, 2.45) is 0 Å². The highest BCUT2D eigenvalue weighted by molar-refractivity contribution is 5.97. The van der Waals surface area contributed by atoms with E-state index in [-0.39, 0.29) is 5.56 Å². The summed E-state index contributed by atoms with van der Waals surface area (Å²) in [5, 5.41) is 18.7. The Morgan fingerprint density at radius 1 is 1.50 bits per heavy atom.